The maximum Gasteiger partial charge on any atom is -0.0292 e. The first-order valence-corrected chi connectivity index (χ1v) is 6.95. The van der Waals surface area contributed by atoms with Gasteiger partial charge in [0.25, 0.3) is 0 Å². The van der Waals surface area contributed by atoms with Gasteiger partial charge >= 0.3 is 0 Å². The molecule has 0 bridgehead atoms. The van der Waals surface area contributed by atoms with Gasteiger partial charge in [-0.3, -0.25) is 0 Å². The van der Waals surface area contributed by atoms with E-state index in [0.29, 0.717) is 10.8 Å². The molecule has 0 aromatic heterocycles. The average molecular weight is 206 g/mol. The van der Waals surface area contributed by atoms with E-state index in [1.165, 1.54) is 19.3 Å². The Kier molecular flexibility index (Phi) is 1.91. The van der Waals surface area contributed by atoms with Crippen LogP contribution in [0.3, 0.4) is 0 Å². The van der Waals surface area contributed by atoms with E-state index in [2.05, 4.69) is 27.7 Å². The van der Waals surface area contributed by atoms with Crippen LogP contribution in [0.1, 0.15) is 59.8 Å². The summed E-state index contributed by atoms with van der Waals surface area (Å²) in [6.45, 7) is 10.1. The maximum absolute atomic E-state index is 2.60. The molecule has 3 aliphatic rings. The van der Waals surface area contributed by atoms with Gasteiger partial charge in [-0.1, -0.05) is 40.5 Å². The molecule has 3 aliphatic carbocycles. The van der Waals surface area contributed by atoms with E-state index in [0.717, 1.165) is 23.7 Å². The van der Waals surface area contributed by atoms with Gasteiger partial charge in [0.1, 0.15) is 0 Å². The SMILES string of the molecule is C[C@H]1CCC[C@@]2(C)C[C@H]3[C@@H](C[C@@H]12)C3(C)C. The lowest BCUT2D eigenvalue weighted by atomic mass is 9.57. The van der Waals surface area contributed by atoms with Crippen molar-refractivity contribution in [2.24, 2.45) is 34.5 Å². The minimum atomic E-state index is 0.695. The largest absolute Gasteiger partial charge is 0.0622 e. The minimum Gasteiger partial charge on any atom is -0.0622 e. The molecule has 86 valence electrons. The molecule has 3 saturated carbocycles. The van der Waals surface area contributed by atoms with Crippen molar-refractivity contribution in [1.29, 1.82) is 0 Å². The van der Waals surface area contributed by atoms with Crippen LogP contribution < -0.4 is 0 Å². The third kappa shape index (κ3) is 1.26. The van der Waals surface area contributed by atoms with Gasteiger partial charge in [-0.25, -0.2) is 0 Å². The average Bonchev–Trinajstić information content (AvgIpc) is 2.65. The fraction of sp³-hybridized carbons (Fsp3) is 1.00. The Bertz CT molecular complexity index is 278. The summed E-state index contributed by atoms with van der Waals surface area (Å²) in [5.74, 6) is 4.20. The summed E-state index contributed by atoms with van der Waals surface area (Å²) in [5.41, 5.74) is 1.41. The summed E-state index contributed by atoms with van der Waals surface area (Å²) in [4.78, 5) is 0. The second-order valence-corrected chi connectivity index (χ2v) is 7.60. The highest BCUT2D eigenvalue weighted by atomic mass is 14.7. The third-order valence-corrected chi connectivity index (χ3v) is 6.47. The normalized spacial score (nSPS) is 56.8. The zero-order chi connectivity index (χ0) is 10.8. The van der Waals surface area contributed by atoms with E-state index in [4.69, 9.17) is 0 Å². The van der Waals surface area contributed by atoms with E-state index in [1.807, 2.05) is 0 Å². The molecule has 0 amide bonds. The highest BCUT2D eigenvalue weighted by molar-refractivity contribution is 5.13. The molecule has 0 heteroatoms. The molecule has 0 spiro atoms. The van der Waals surface area contributed by atoms with E-state index in [-0.39, 0.29) is 0 Å². The molecule has 0 unspecified atom stereocenters. The maximum atomic E-state index is 2.60. The summed E-state index contributed by atoms with van der Waals surface area (Å²) in [7, 11) is 0. The molecular weight excluding hydrogens is 180 g/mol. The van der Waals surface area contributed by atoms with Crippen molar-refractivity contribution in [3.8, 4) is 0 Å². The van der Waals surface area contributed by atoms with Gasteiger partial charge in [0.05, 0.1) is 0 Å². The summed E-state index contributed by atoms with van der Waals surface area (Å²) in [5, 5.41) is 0. The summed E-state index contributed by atoms with van der Waals surface area (Å²) < 4.78 is 0. The molecule has 0 N–H and O–H groups in total. The first-order chi connectivity index (χ1) is 6.95. The van der Waals surface area contributed by atoms with E-state index < -0.39 is 0 Å². The molecule has 0 heterocycles. The van der Waals surface area contributed by atoms with Crippen molar-refractivity contribution in [1.82, 2.24) is 0 Å². The van der Waals surface area contributed by atoms with Gasteiger partial charge in [-0.2, -0.15) is 0 Å². The van der Waals surface area contributed by atoms with Crippen LogP contribution in [0, 0.1) is 34.5 Å². The van der Waals surface area contributed by atoms with Gasteiger partial charge in [-0.05, 0) is 53.8 Å². The lowest BCUT2D eigenvalue weighted by Gasteiger charge is -2.48. The number of rotatable bonds is 0. The van der Waals surface area contributed by atoms with Crippen LogP contribution >= 0.6 is 0 Å². The fourth-order valence-electron chi connectivity index (χ4n) is 5.18. The third-order valence-electron chi connectivity index (χ3n) is 6.47. The first kappa shape index (κ1) is 10.2. The van der Waals surface area contributed by atoms with Crippen LogP contribution in [0.25, 0.3) is 0 Å². The number of fused-ring (bicyclic) bond motifs is 2. The van der Waals surface area contributed by atoms with Crippen LogP contribution in [0.15, 0.2) is 0 Å². The van der Waals surface area contributed by atoms with Crippen LogP contribution in [0.2, 0.25) is 0 Å². The smallest absolute Gasteiger partial charge is 0.0292 e. The molecule has 0 aromatic carbocycles. The highest BCUT2D eigenvalue weighted by Gasteiger charge is 2.64. The lowest BCUT2D eigenvalue weighted by molar-refractivity contribution is 0.0187. The molecule has 15 heavy (non-hydrogen) atoms. The van der Waals surface area contributed by atoms with Crippen molar-refractivity contribution in [3.05, 3.63) is 0 Å². The quantitative estimate of drug-likeness (QED) is 0.547. The summed E-state index contributed by atoms with van der Waals surface area (Å²) in [6, 6.07) is 0. The zero-order valence-electron chi connectivity index (χ0n) is 10.8. The van der Waals surface area contributed by atoms with Gasteiger partial charge in [0, 0.05) is 0 Å². The Balaban J connectivity index is 1.85. The Morgan fingerprint density at radius 2 is 1.73 bits per heavy atom. The van der Waals surface area contributed by atoms with Crippen molar-refractivity contribution < 1.29 is 0 Å². The predicted octanol–water partition coefficient (Wildman–Crippen LogP) is 4.49. The summed E-state index contributed by atoms with van der Waals surface area (Å²) >= 11 is 0. The monoisotopic (exact) mass is 206 g/mol. The van der Waals surface area contributed by atoms with Crippen LogP contribution in [0.4, 0.5) is 0 Å². The number of hydrogen-bond acceptors (Lipinski definition) is 0. The van der Waals surface area contributed by atoms with Gasteiger partial charge in [0.2, 0.25) is 0 Å². The van der Waals surface area contributed by atoms with Crippen LogP contribution in [-0.4, -0.2) is 0 Å². The first-order valence-electron chi connectivity index (χ1n) is 6.95. The van der Waals surface area contributed by atoms with Gasteiger partial charge < -0.3 is 0 Å². The van der Waals surface area contributed by atoms with E-state index >= 15 is 0 Å². The molecule has 0 aliphatic heterocycles. The van der Waals surface area contributed by atoms with Crippen molar-refractivity contribution >= 4 is 0 Å². The Morgan fingerprint density at radius 1 is 1.00 bits per heavy atom. The van der Waals surface area contributed by atoms with Gasteiger partial charge in [-0.15, -0.1) is 0 Å². The van der Waals surface area contributed by atoms with Crippen LogP contribution in [0.5, 0.6) is 0 Å². The summed E-state index contributed by atoms with van der Waals surface area (Å²) in [6.07, 6.45) is 7.60. The molecule has 3 fully saturated rings. The predicted molar refractivity (Wildman–Crippen MR) is 64.6 cm³/mol. The van der Waals surface area contributed by atoms with Crippen molar-refractivity contribution in [2.75, 3.05) is 0 Å². The Labute approximate surface area is 94.8 Å². The van der Waals surface area contributed by atoms with Crippen molar-refractivity contribution in [3.63, 3.8) is 0 Å². The van der Waals surface area contributed by atoms with E-state index in [9.17, 15) is 0 Å². The second kappa shape index (κ2) is 2.81. The zero-order valence-corrected chi connectivity index (χ0v) is 10.8. The lowest BCUT2D eigenvalue weighted by Crippen LogP contribution is -2.39. The molecule has 0 nitrogen and oxygen atoms in total. The highest BCUT2D eigenvalue weighted by Crippen LogP contribution is 2.71. The minimum absolute atomic E-state index is 0.695. The molecule has 5 atom stereocenters. The molecular formula is C15H26. The standard InChI is InChI=1S/C15H26/c1-10-6-5-7-15(4)9-13-12(8-11(10)15)14(13,2)3/h10-13H,5-9H2,1-4H3/t10-,11-,12+,13-,15-/m0/s1. The molecule has 3 rings (SSSR count). The number of hydrogen-bond donors (Lipinski definition) is 0. The second-order valence-electron chi connectivity index (χ2n) is 7.60. The topological polar surface area (TPSA) is 0 Å². The fourth-order valence-corrected chi connectivity index (χ4v) is 5.18. The molecule has 0 aromatic rings. The Hall–Kier alpha value is 0. The van der Waals surface area contributed by atoms with Crippen LogP contribution in [-0.2, 0) is 0 Å². The molecule has 0 saturated heterocycles. The van der Waals surface area contributed by atoms with Gasteiger partial charge in [0.15, 0.2) is 0 Å². The van der Waals surface area contributed by atoms with E-state index in [1.54, 1.807) is 12.8 Å². The molecule has 0 radical (unpaired) electrons. The Morgan fingerprint density at radius 3 is 2.47 bits per heavy atom. The van der Waals surface area contributed by atoms with Crippen molar-refractivity contribution in [2.45, 2.75) is 59.8 Å².